The molecule has 0 aliphatic carbocycles. The van der Waals surface area contributed by atoms with E-state index < -0.39 is 6.23 Å². The first-order chi connectivity index (χ1) is 12.7. The first-order valence-corrected chi connectivity index (χ1v) is 8.28. The minimum atomic E-state index is -0.408. The molecule has 0 saturated heterocycles. The second-order valence-corrected chi connectivity index (χ2v) is 6.04. The van der Waals surface area contributed by atoms with Gasteiger partial charge >= 0.3 is 0 Å². The highest BCUT2D eigenvalue weighted by Gasteiger charge is 2.23. The number of hydrogen-bond acceptors (Lipinski definition) is 7. The largest absolute Gasteiger partial charge is 0.454 e. The molecule has 26 heavy (non-hydrogen) atoms. The van der Waals surface area contributed by atoms with Gasteiger partial charge in [-0.05, 0) is 19.9 Å². The zero-order valence-electron chi connectivity index (χ0n) is 14.9. The summed E-state index contributed by atoms with van der Waals surface area (Å²) in [7, 11) is 1.63. The van der Waals surface area contributed by atoms with Gasteiger partial charge in [0, 0.05) is 30.5 Å². The van der Waals surface area contributed by atoms with E-state index in [0.29, 0.717) is 18.1 Å². The maximum absolute atomic E-state index is 5.60. The predicted molar refractivity (Wildman–Crippen MR) is 93.2 cm³/mol. The molecular weight excluding hydrogens is 336 g/mol. The number of nitrogens with one attached hydrogen (secondary N) is 1. The SMILES string of the molecule is COC(Nc1ccn(Cc2c(C)noc2C)n1)c1cccc2c1OCO2. The van der Waals surface area contributed by atoms with E-state index >= 15 is 0 Å². The normalized spacial score (nSPS) is 13.8. The first-order valence-electron chi connectivity index (χ1n) is 8.28. The third kappa shape index (κ3) is 2.99. The lowest BCUT2D eigenvalue weighted by Gasteiger charge is -2.18. The first kappa shape index (κ1) is 16.5. The van der Waals surface area contributed by atoms with Crippen LogP contribution in [0.25, 0.3) is 0 Å². The topological polar surface area (TPSA) is 83.6 Å². The van der Waals surface area contributed by atoms with Gasteiger partial charge in [-0.3, -0.25) is 4.68 Å². The highest BCUT2D eigenvalue weighted by atomic mass is 16.7. The molecule has 0 bridgehead atoms. The fourth-order valence-electron chi connectivity index (χ4n) is 2.97. The number of methoxy groups -OCH3 is 1. The molecule has 1 aromatic carbocycles. The van der Waals surface area contributed by atoms with Crippen molar-refractivity contribution in [3.63, 3.8) is 0 Å². The molecule has 3 heterocycles. The van der Waals surface area contributed by atoms with Crippen molar-refractivity contribution in [2.75, 3.05) is 19.2 Å². The van der Waals surface area contributed by atoms with E-state index in [-0.39, 0.29) is 6.79 Å². The van der Waals surface area contributed by atoms with Gasteiger partial charge in [0.15, 0.2) is 17.7 Å². The van der Waals surface area contributed by atoms with Crippen molar-refractivity contribution < 1.29 is 18.7 Å². The minimum Gasteiger partial charge on any atom is -0.454 e. The van der Waals surface area contributed by atoms with E-state index in [2.05, 4.69) is 15.6 Å². The number of benzene rings is 1. The van der Waals surface area contributed by atoms with Crippen molar-refractivity contribution >= 4 is 5.82 Å². The second kappa shape index (κ2) is 6.72. The van der Waals surface area contributed by atoms with Crippen LogP contribution in [0.5, 0.6) is 11.5 Å². The third-order valence-corrected chi connectivity index (χ3v) is 4.37. The molecule has 1 aliphatic rings. The molecule has 4 rings (SSSR count). The zero-order chi connectivity index (χ0) is 18.1. The lowest BCUT2D eigenvalue weighted by molar-refractivity contribution is 0.121. The molecule has 8 heteroatoms. The fourth-order valence-corrected chi connectivity index (χ4v) is 2.97. The van der Waals surface area contributed by atoms with Crippen LogP contribution in [0.1, 0.15) is 28.8 Å². The molecular formula is C18H20N4O4. The summed E-state index contributed by atoms with van der Waals surface area (Å²) in [6.45, 7) is 4.64. The Balaban J connectivity index is 1.52. The van der Waals surface area contributed by atoms with E-state index in [1.807, 2.05) is 49.0 Å². The van der Waals surface area contributed by atoms with Crippen LogP contribution in [0.3, 0.4) is 0 Å². The van der Waals surface area contributed by atoms with Crippen molar-refractivity contribution in [1.82, 2.24) is 14.9 Å². The number of rotatable bonds is 6. The summed E-state index contributed by atoms with van der Waals surface area (Å²) < 4.78 is 23.6. The number of anilines is 1. The van der Waals surface area contributed by atoms with Gasteiger partial charge in [-0.15, -0.1) is 0 Å². The standard InChI is InChI=1S/C18H20N4O4/c1-11-14(12(2)26-21-11)9-22-8-7-16(20-22)19-18(23-3)13-5-4-6-15-17(13)25-10-24-15/h4-8,18H,9-10H2,1-3H3,(H,19,20). The van der Waals surface area contributed by atoms with Gasteiger partial charge < -0.3 is 24.1 Å². The van der Waals surface area contributed by atoms with E-state index in [1.165, 1.54) is 0 Å². The summed E-state index contributed by atoms with van der Waals surface area (Å²) in [5.74, 6) is 2.91. The van der Waals surface area contributed by atoms with Crippen LogP contribution in [0.15, 0.2) is 35.0 Å². The second-order valence-electron chi connectivity index (χ2n) is 6.04. The van der Waals surface area contributed by atoms with Gasteiger partial charge in [0.05, 0.1) is 12.2 Å². The molecule has 2 aromatic heterocycles. The molecule has 0 spiro atoms. The van der Waals surface area contributed by atoms with Gasteiger partial charge in [-0.25, -0.2) is 0 Å². The van der Waals surface area contributed by atoms with Crippen molar-refractivity contribution in [2.24, 2.45) is 0 Å². The number of nitrogens with zero attached hydrogens (tertiary/aromatic N) is 3. The summed E-state index contributed by atoms with van der Waals surface area (Å²) in [5, 5.41) is 11.8. The Kier molecular flexibility index (Phi) is 4.26. The summed E-state index contributed by atoms with van der Waals surface area (Å²) in [6, 6.07) is 7.61. The van der Waals surface area contributed by atoms with Gasteiger partial charge in [-0.1, -0.05) is 17.3 Å². The van der Waals surface area contributed by atoms with Crippen molar-refractivity contribution in [3.05, 3.63) is 53.0 Å². The molecule has 0 amide bonds. The quantitative estimate of drug-likeness (QED) is 0.680. The highest BCUT2D eigenvalue weighted by molar-refractivity contribution is 5.51. The lowest BCUT2D eigenvalue weighted by atomic mass is 10.1. The number of aromatic nitrogens is 3. The number of ether oxygens (including phenoxy) is 3. The van der Waals surface area contributed by atoms with E-state index in [0.717, 1.165) is 28.3 Å². The number of hydrogen-bond donors (Lipinski definition) is 1. The Morgan fingerprint density at radius 3 is 2.92 bits per heavy atom. The van der Waals surface area contributed by atoms with Crippen LogP contribution in [0.4, 0.5) is 5.82 Å². The van der Waals surface area contributed by atoms with Crippen molar-refractivity contribution in [2.45, 2.75) is 26.6 Å². The fraction of sp³-hybridized carbons (Fsp3) is 0.333. The summed E-state index contributed by atoms with van der Waals surface area (Å²) in [4.78, 5) is 0. The molecule has 1 N–H and O–H groups in total. The molecule has 1 atom stereocenters. The van der Waals surface area contributed by atoms with Crippen LogP contribution in [0.2, 0.25) is 0 Å². The Hall–Kier alpha value is -3.00. The van der Waals surface area contributed by atoms with Crippen LogP contribution < -0.4 is 14.8 Å². The number of para-hydroxylation sites is 1. The molecule has 136 valence electrons. The smallest absolute Gasteiger partial charge is 0.231 e. The van der Waals surface area contributed by atoms with Crippen LogP contribution >= 0.6 is 0 Å². The molecule has 0 saturated carbocycles. The maximum Gasteiger partial charge on any atom is 0.231 e. The molecule has 8 nitrogen and oxygen atoms in total. The van der Waals surface area contributed by atoms with Crippen molar-refractivity contribution in [1.29, 1.82) is 0 Å². The molecule has 0 fully saturated rings. The lowest BCUT2D eigenvalue weighted by Crippen LogP contribution is -2.14. The predicted octanol–water partition coefficient (Wildman–Crippen LogP) is 3.02. The number of aryl methyl sites for hydroxylation is 2. The summed E-state index contributed by atoms with van der Waals surface area (Å²) >= 11 is 0. The van der Waals surface area contributed by atoms with Crippen LogP contribution in [0, 0.1) is 13.8 Å². The molecule has 1 aliphatic heterocycles. The van der Waals surface area contributed by atoms with E-state index in [9.17, 15) is 0 Å². The third-order valence-electron chi connectivity index (χ3n) is 4.37. The zero-order valence-corrected chi connectivity index (χ0v) is 14.9. The Morgan fingerprint density at radius 1 is 1.27 bits per heavy atom. The maximum atomic E-state index is 5.60. The van der Waals surface area contributed by atoms with Gasteiger partial charge in [0.1, 0.15) is 11.6 Å². The molecule has 3 aromatic rings. The van der Waals surface area contributed by atoms with Crippen molar-refractivity contribution in [3.8, 4) is 11.5 Å². The van der Waals surface area contributed by atoms with Crippen LogP contribution in [-0.4, -0.2) is 28.8 Å². The minimum absolute atomic E-state index is 0.217. The Labute approximate surface area is 150 Å². The Bertz CT molecular complexity index is 898. The Morgan fingerprint density at radius 2 is 2.15 bits per heavy atom. The van der Waals surface area contributed by atoms with E-state index in [1.54, 1.807) is 7.11 Å². The summed E-state index contributed by atoms with van der Waals surface area (Å²) in [6.07, 6.45) is 1.49. The molecule has 1 unspecified atom stereocenters. The highest BCUT2D eigenvalue weighted by Crippen LogP contribution is 2.39. The summed E-state index contributed by atoms with van der Waals surface area (Å²) in [5.41, 5.74) is 2.77. The van der Waals surface area contributed by atoms with E-state index in [4.69, 9.17) is 18.7 Å². The molecule has 0 radical (unpaired) electrons. The number of fused-ring (bicyclic) bond motifs is 1. The van der Waals surface area contributed by atoms with Gasteiger partial charge in [0.25, 0.3) is 0 Å². The van der Waals surface area contributed by atoms with Crippen LogP contribution in [-0.2, 0) is 11.3 Å². The van der Waals surface area contributed by atoms with Gasteiger partial charge in [-0.2, -0.15) is 5.10 Å². The average Bonchev–Trinajstić information content (AvgIpc) is 3.36. The monoisotopic (exact) mass is 356 g/mol. The van der Waals surface area contributed by atoms with Gasteiger partial charge in [0.2, 0.25) is 6.79 Å². The average molecular weight is 356 g/mol.